The lowest BCUT2D eigenvalue weighted by Crippen LogP contribution is -2.17. The van der Waals surface area contributed by atoms with Gasteiger partial charge in [-0.25, -0.2) is 10.1 Å². The highest BCUT2D eigenvalue weighted by Gasteiger charge is 2.13. The van der Waals surface area contributed by atoms with Gasteiger partial charge in [0.15, 0.2) is 11.5 Å². The first kappa shape index (κ1) is 23.4. The van der Waals surface area contributed by atoms with Crippen LogP contribution in [0.15, 0.2) is 57.2 Å². The van der Waals surface area contributed by atoms with E-state index in [0.29, 0.717) is 28.1 Å². The fourth-order valence-corrected chi connectivity index (χ4v) is 3.66. The Hall–Kier alpha value is -3.25. The van der Waals surface area contributed by atoms with Crippen molar-refractivity contribution in [1.29, 1.82) is 0 Å². The SMILES string of the molecule is COc1ccc(/C(C)=N/Nc2nnc(SCC(=O)Nc3cccc(Br)c3)n2N)cc1OC. The summed E-state index contributed by atoms with van der Waals surface area (Å²) in [5.41, 5.74) is 5.00. The van der Waals surface area contributed by atoms with Crippen LogP contribution >= 0.6 is 27.7 Å². The fourth-order valence-electron chi connectivity index (χ4n) is 2.60. The van der Waals surface area contributed by atoms with E-state index in [2.05, 4.69) is 42.0 Å². The molecule has 0 fully saturated rings. The van der Waals surface area contributed by atoms with Gasteiger partial charge < -0.3 is 20.6 Å². The Balaban J connectivity index is 1.60. The van der Waals surface area contributed by atoms with E-state index in [1.54, 1.807) is 26.4 Å². The number of carbonyl (C=O) groups is 1. The molecule has 0 aliphatic heterocycles. The highest BCUT2D eigenvalue weighted by Crippen LogP contribution is 2.28. The van der Waals surface area contributed by atoms with Crippen molar-refractivity contribution in [2.24, 2.45) is 5.10 Å². The lowest BCUT2D eigenvalue weighted by molar-refractivity contribution is -0.113. The molecule has 12 heteroatoms. The van der Waals surface area contributed by atoms with Crippen LogP contribution in [0.3, 0.4) is 0 Å². The number of nitrogens with zero attached hydrogens (tertiary/aromatic N) is 4. The van der Waals surface area contributed by atoms with Gasteiger partial charge in [-0.3, -0.25) is 4.79 Å². The minimum atomic E-state index is -0.187. The predicted molar refractivity (Wildman–Crippen MR) is 129 cm³/mol. The molecule has 0 spiro atoms. The van der Waals surface area contributed by atoms with Gasteiger partial charge in [0.1, 0.15) is 0 Å². The Bertz CT molecular complexity index is 1140. The first-order valence-electron chi connectivity index (χ1n) is 9.32. The summed E-state index contributed by atoms with van der Waals surface area (Å²) in [7, 11) is 3.15. The molecule has 10 nitrogen and oxygen atoms in total. The van der Waals surface area contributed by atoms with E-state index in [-0.39, 0.29) is 17.6 Å². The molecule has 0 aliphatic rings. The average molecular weight is 520 g/mol. The zero-order valence-electron chi connectivity index (χ0n) is 17.6. The van der Waals surface area contributed by atoms with E-state index in [0.717, 1.165) is 21.8 Å². The lowest BCUT2D eigenvalue weighted by Gasteiger charge is -2.09. The molecule has 0 aliphatic carbocycles. The Morgan fingerprint density at radius 2 is 1.97 bits per heavy atom. The molecular weight excluding hydrogens is 498 g/mol. The number of hydrogen-bond acceptors (Lipinski definition) is 9. The number of amides is 1. The van der Waals surface area contributed by atoms with Crippen LogP contribution in [0.5, 0.6) is 11.5 Å². The number of nitrogen functional groups attached to an aromatic ring is 1. The van der Waals surface area contributed by atoms with Gasteiger partial charge in [-0.1, -0.05) is 33.8 Å². The molecule has 3 rings (SSSR count). The molecule has 0 bridgehead atoms. The Morgan fingerprint density at radius 3 is 2.69 bits per heavy atom. The number of anilines is 2. The molecule has 3 aromatic rings. The highest BCUT2D eigenvalue weighted by atomic mass is 79.9. The molecule has 0 radical (unpaired) electrons. The third kappa shape index (κ3) is 5.92. The topological polar surface area (TPSA) is 129 Å². The maximum atomic E-state index is 12.2. The largest absolute Gasteiger partial charge is 0.493 e. The average Bonchev–Trinajstić information content (AvgIpc) is 3.14. The minimum Gasteiger partial charge on any atom is -0.493 e. The number of thioether (sulfide) groups is 1. The standard InChI is InChI=1S/C20H22BrN7O3S/c1-12(13-7-8-16(30-2)17(9-13)31-3)24-25-19-26-27-20(28(19)22)32-11-18(29)23-15-6-4-5-14(21)10-15/h4-10H,11,22H2,1-3H3,(H,23,29)(H,25,26)/b24-12+. The van der Waals surface area contributed by atoms with Crippen LogP contribution in [0.1, 0.15) is 12.5 Å². The highest BCUT2D eigenvalue weighted by molar-refractivity contribution is 9.10. The second-order valence-electron chi connectivity index (χ2n) is 6.40. The molecule has 1 heterocycles. The van der Waals surface area contributed by atoms with Crippen LogP contribution in [-0.4, -0.2) is 46.5 Å². The van der Waals surface area contributed by atoms with Crippen molar-refractivity contribution in [1.82, 2.24) is 14.9 Å². The molecule has 2 aromatic carbocycles. The first-order valence-corrected chi connectivity index (χ1v) is 11.1. The van der Waals surface area contributed by atoms with E-state index in [1.165, 1.54) is 4.68 Å². The first-order chi connectivity index (χ1) is 15.4. The van der Waals surface area contributed by atoms with Crippen LogP contribution in [0.25, 0.3) is 0 Å². The number of benzene rings is 2. The number of aromatic nitrogens is 3. The Kier molecular flexibility index (Phi) is 7.95. The normalized spacial score (nSPS) is 11.2. The van der Waals surface area contributed by atoms with Crippen molar-refractivity contribution in [3.05, 3.63) is 52.5 Å². The van der Waals surface area contributed by atoms with E-state index < -0.39 is 0 Å². The second-order valence-corrected chi connectivity index (χ2v) is 8.26. The maximum Gasteiger partial charge on any atom is 0.264 e. The summed E-state index contributed by atoms with van der Waals surface area (Å²) in [6.07, 6.45) is 0. The molecule has 0 saturated carbocycles. The van der Waals surface area contributed by atoms with Crippen molar-refractivity contribution in [3.63, 3.8) is 0 Å². The summed E-state index contributed by atoms with van der Waals surface area (Å²) in [6, 6.07) is 12.8. The number of halogens is 1. The molecular formula is C20H22BrN7O3S. The molecule has 0 saturated heterocycles. The van der Waals surface area contributed by atoms with Gasteiger partial charge in [-0.05, 0) is 43.3 Å². The third-order valence-corrected chi connectivity index (χ3v) is 5.67. The van der Waals surface area contributed by atoms with E-state index in [1.807, 2.05) is 37.3 Å². The second kappa shape index (κ2) is 10.9. The molecule has 0 unspecified atom stereocenters. The zero-order valence-corrected chi connectivity index (χ0v) is 20.0. The number of hydrogen-bond donors (Lipinski definition) is 3. The van der Waals surface area contributed by atoms with Gasteiger partial charge in [-0.15, -0.1) is 10.2 Å². The third-order valence-electron chi connectivity index (χ3n) is 4.23. The lowest BCUT2D eigenvalue weighted by atomic mass is 10.1. The number of nitrogens with one attached hydrogen (secondary N) is 2. The van der Waals surface area contributed by atoms with Gasteiger partial charge in [0.05, 0.1) is 25.7 Å². The van der Waals surface area contributed by atoms with Crippen LogP contribution in [0, 0.1) is 0 Å². The van der Waals surface area contributed by atoms with Gasteiger partial charge in [0, 0.05) is 15.7 Å². The number of methoxy groups -OCH3 is 2. The molecule has 32 heavy (non-hydrogen) atoms. The quantitative estimate of drug-likeness (QED) is 0.170. The van der Waals surface area contributed by atoms with Crippen LogP contribution in [0.2, 0.25) is 0 Å². The molecule has 168 valence electrons. The summed E-state index contributed by atoms with van der Waals surface area (Å²) in [4.78, 5) is 12.2. The summed E-state index contributed by atoms with van der Waals surface area (Å²) in [6.45, 7) is 1.83. The van der Waals surface area contributed by atoms with E-state index >= 15 is 0 Å². The van der Waals surface area contributed by atoms with Gasteiger partial charge in [0.2, 0.25) is 11.1 Å². The fraction of sp³-hybridized carbons (Fsp3) is 0.200. The Morgan fingerprint density at radius 1 is 1.19 bits per heavy atom. The summed E-state index contributed by atoms with van der Waals surface area (Å²) in [5.74, 6) is 7.43. The van der Waals surface area contributed by atoms with Crippen molar-refractivity contribution < 1.29 is 14.3 Å². The monoisotopic (exact) mass is 519 g/mol. The van der Waals surface area contributed by atoms with Crippen LogP contribution in [0.4, 0.5) is 11.6 Å². The number of hydrazone groups is 1. The van der Waals surface area contributed by atoms with Crippen molar-refractivity contribution >= 4 is 50.9 Å². The Labute approximate surface area is 197 Å². The molecule has 0 atom stereocenters. The smallest absolute Gasteiger partial charge is 0.264 e. The van der Waals surface area contributed by atoms with Gasteiger partial charge in [0.25, 0.3) is 5.95 Å². The zero-order chi connectivity index (χ0) is 23.1. The van der Waals surface area contributed by atoms with Gasteiger partial charge in [-0.2, -0.15) is 5.10 Å². The van der Waals surface area contributed by atoms with Crippen LogP contribution < -0.4 is 26.1 Å². The van der Waals surface area contributed by atoms with Crippen molar-refractivity contribution in [2.45, 2.75) is 12.1 Å². The number of nitrogens with two attached hydrogens (primary N) is 1. The predicted octanol–water partition coefficient (Wildman–Crippen LogP) is 3.34. The number of carbonyl (C=O) groups excluding carboxylic acids is 1. The molecule has 4 N–H and O–H groups in total. The number of rotatable bonds is 9. The van der Waals surface area contributed by atoms with Crippen molar-refractivity contribution in [2.75, 3.05) is 36.6 Å². The van der Waals surface area contributed by atoms with E-state index in [9.17, 15) is 4.79 Å². The number of ether oxygens (including phenoxy) is 2. The van der Waals surface area contributed by atoms with Crippen molar-refractivity contribution in [3.8, 4) is 11.5 Å². The van der Waals surface area contributed by atoms with Crippen LogP contribution in [-0.2, 0) is 4.79 Å². The maximum absolute atomic E-state index is 12.2. The molecule has 1 aromatic heterocycles. The van der Waals surface area contributed by atoms with Gasteiger partial charge >= 0.3 is 0 Å². The summed E-state index contributed by atoms with van der Waals surface area (Å²) >= 11 is 4.53. The molecule has 1 amide bonds. The summed E-state index contributed by atoms with van der Waals surface area (Å²) in [5, 5.41) is 15.5. The summed E-state index contributed by atoms with van der Waals surface area (Å²) < 4.78 is 12.7. The minimum absolute atomic E-state index is 0.121. The van der Waals surface area contributed by atoms with E-state index in [4.69, 9.17) is 15.3 Å².